The molecule has 8 nitrogen and oxygen atoms in total. The van der Waals surface area contributed by atoms with E-state index in [1.807, 2.05) is 38.1 Å². The lowest BCUT2D eigenvalue weighted by atomic mass is 10.1. The fourth-order valence-corrected chi connectivity index (χ4v) is 3.42. The summed E-state index contributed by atoms with van der Waals surface area (Å²) >= 11 is 0. The standard InChI is InChI=1S/C23H29N5O3/c1-16-11-20(18(3)28(16)17(2)15-31-4)12-21(13-24)23(30)26-10-7-22(29)27-14-19-5-8-25-9-6-19/h5-6,8-9,11-12,17H,7,10,14-15H2,1-4H3,(H,26,30)(H,27,29)/b21-12-. The number of carbonyl (C=O) groups is 2. The van der Waals surface area contributed by atoms with Crippen LogP contribution in [0.5, 0.6) is 0 Å². The number of carbonyl (C=O) groups excluding carboxylic acids is 2. The van der Waals surface area contributed by atoms with E-state index in [4.69, 9.17) is 4.74 Å². The molecule has 8 heteroatoms. The number of ether oxygens (including phenoxy) is 1. The van der Waals surface area contributed by atoms with Gasteiger partial charge in [0, 0.05) is 50.4 Å². The van der Waals surface area contributed by atoms with E-state index in [2.05, 4.69) is 27.1 Å². The molecule has 2 aromatic rings. The van der Waals surface area contributed by atoms with Gasteiger partial charge in [-0.15, -0.1) is 0 Å². The van der Waals surface area contributed by atoms with E-state index in [0.29, 0.717) is 13.2 Å². The molecule has 164 valence electrons. The smallest absolute Gasteiger partial charge is 0.261 e. The van der Waals surface area contributed by atoms with Crippen LogP contribution in [0.3, 0.4) is 0 Å². The van der Waals surface area contributed by atoms with Crippen molar-refractivity contribution in [3.63, 3.8) is 0 Å². The highest BCUT2D eigenvalue weighted by Gasteiger charge is 2.16. The molecule has 1 atom stereocenters. The number of pyridine rings is 1. The summed E-state index contributed by atoms with van der Waals surface area (Å²) in [5.74, 6) is -0.686. The fraction of sp³-hybridized carbons (Fsp3) is 0.391. The Morgan fingerprint density at radius 1 is 1.29 bits per heavy atom. The maximum absolute atomic E-state index is 12.4. The summed E-state index contributed by atoms with van der Waals surface area (Å²) in [7, 11) is 1.66. The topological polar surface area (TPSA) is 109 Å². The third kappa shape index (κ3) is 6.79. The van der Waals surface area contributed by atoms with E-state index in [9.17, 15) is 14.9 Å². The van der Waals surface area contributed by atoms with Gasteiger partial charge in [-0.25, -0.2) is 0 Å². The lowest BCUT2D eigenvalue weighted by Crippen LogP contribution is -2.31. The molecule has 0 aromatic carbocycles. The van der Waals surface area contributed by atoms with Crippen molar-refractivity contribution in [1.29, 1.82) is 5.26 Å². The first-order valence-electron chi connectivity index (χ1n) is 10.1. The number of hydrogen-bond acceptors (Lipinski definition) is 5. The molecule has 1 unspecified atom stereocenters. The van der Waals surface area contributed by atoms with Gasteiger partial charge in [-0.3, -0.25) is 14.6 Å². The molecule has 0 radical (unpaired) electrons. The van der Waals surface area contributed by atoms with Crippen molar-refractivity contribution < 1.29 is 14.3 Å². The van der Waals surface area contributed by atoms with Gasteiger partial charge in [0.05, 0.1) is 12.6 Å². The van der Waals surface area contributed by atoms with Crippen LogP contribution in [0.15, 0.2) is 36.2 Å². The zero-order valence-corrected chi connectivity index (χ0v) is 18.4. The Balaban J connectivity index is 1.93. The van der Waals surface area contributed by atoms with E-state index in [-0.39, 0.29) is 30.5 Å². The van der Waals surface area contributed by atoms with Crippen LogP contribution in [-0.2, 0) is 20.9 Å². The van der Waals surface area contributed by atoms with Crippen molar-refractivity contribution in [2.45, 2.75) is 39.8 Å². The summed E-state index contributed by atoms with van der Waals surface area (Å²) in [6.07, 6.45) is 5.02. The highest BCUT2D eigenvalue weighted by molar-refractivity contribution is 6.02. The van der Waals surface area contributed by atoms with Crippen molar-refractivity contribution in [2.75, 3.05) is 20.3 Å². The normalized spacial score (nSPS) is 12.2. The lowest BCUT2D eigenvalue weighted by molar-refractivity contribution is -0.121. The van der Waals surface area contributed by atoms with Crippen LogP contribution < -0.4 is 10.6 Å². The molecule has 2 N–H and O–H groups in total. The number of aryl methyl sites for hydroxylation is 1. The summed E-state index contributed by atoms with van der Waals surface area (Å²) in [5, 5.41) is 14.9. The van der Waals surface area contributed by atoms with Crippen molar-refractivity contribution >= 4 is 17.9 Å². The predicted molar refractivity (Wildman–Crippen MR) is 118 cm³/mol. The number of nitrogens with zero attached hydrogens (tertiary/aromatic N) is 3. The molecule has 0 aliphatic heterocycles. The SMILES string of the molecule is COCC(C)n1c(C)cc(/C=C(/C#N)C(=O)NCCC(=O)NCc2ccncc2)c1C. The van der Waals surface area contributed by atoms with Crippen LogP contribution in [0, 0.1) is 25.2 Å². The largest absolute Gasteiger partial charge is 0.383 e. The number of rotatable bonds is 10. The molecule has 2 aromatic heterocycles. The summed E-state index contributed by atoms with van der Waals surface area (Å²) in [6, 6.07) is 7.67. The monoisotopic (exact) mass is 423 g/mol. The van der Waals surface area contributed by atoms with Gasteiger partial charge in [-0.2, -0.15) is 5.26 Å². The minimum atomic E-state index is -0.501. The van der Waals surface area contributed by atoms with E-state index in [1.54, 1.807) is 25.6 Å². The zero-order valence-electron chi connectivity index (χ0n) is 18.4. The van der Waals surface area contributed by atoms with Gasteiger partial charge in [-0.05, 0) is 56.2 Å². The Hall–Kier alpha value is -3.44. The molecule has 0 saturated heterocycles. The third-order valence-corrected chi connectivity index (χ3v) is 4.91. The van der Waals surface area contributed by atoms with Gasteiger partial charge in [-0.1, -0.05) is 0 Å². The van der Waals surface area contributed by atoms with Crippen LogP contribution in [0.1, 0.15) is 41.9 Å². The maximum Gasteiger partial charge on any atom is 0.261 e. The van der Waals surface area contributed by atoms with Crippen molar-refractivity contribution in [1.82, 2.24) is 20.2 Å². The second-order valence-corrected chi connectivity index (χ2v) is 7.31. The molecule has 0 spiro atoms. The van der Waals surface area contributed by atoms with Crippen LogP contribution in [0.4, 0.5) is 0 Å². The van der Waals surface area contributed by atoms with Gasteiger partial charge in [0.25, 0.3) is 5.91 Å². The Morgan fingerprint density at radius 2 is 2.00 bits per heavy atom. The molecule has 31 heavy (non-hydrogen) atoms. The first-order valence-corrected chi connectivity index (χ1v) is 10.1. The van der Waals surface area contributed by atoms with Gasteiger partial charge in [0.15, 0.2) is 0 Å². The number of amides is 2. The number of hydrogen-bond donors (Lipinski definition) is 2. The van der Waals surface area contributed by atoms with Crippen LogP contribution in [0.2, 0.25) is 0 Å². The molecule has 0 aliphatic carbocycles. The highest BCUT2D eigenvalue weighted by atomic mass is 16.5. The quantitative estimate of drug-likeness (QED) is 0.451. The summed E-state index contributed by atoms with van der Waals surface area (Å²) < 4.78 is 7.36. The average molecular weight is 424 g/mol. The Bertz CT molecular complexity index is 973. The number of aromatic nitrogens is 2. The van der Waals surface area contributed by atoms with Gasteiger partial charge in [0.1, 0.15) is 11.6 Å². The van der Waals surface area contributed by atoms with Crippen LogP contribution in [-0.4, -0.2) is 41.6 Å². The number of nitrogens with one attached hydrogen (secondary N) is 2. The zero-order chi connectivity index (χ0) is 22.8. The molecule has 2 amide bonds. The minimum Gasteiger partial charge on any atom is -0.383 e. The Labute approximate surface area is 182 Å². The van der Waals surface area contributed by atoms with E-state index in [1.165, 1.54) is 0 Å². The molecular formula is C23H29N5O3. The maximum atomic E-state index is 12.4. The first kappa shape index (κ1) is 23.8. The molecule has 0 bridgehead atoms. The highest BCUT2D eigenvalue weighted by Crippen LogP contribution is 2.22. The second-order valence-electron chi connectivity index (χ2n) is 7.31. The second kappa shape index (κ2) is 11.7. The Kier molecular flexibility index (Phi) is 8.97. The van der Waals surface area contributed by atoms with Crippen molar-refractivity contribution in [3.05, 3.63) is 58.7 Å². The minimum absolute atomic E-state index is 0.00293. The molecule has 2 heterocycles. The molecule has 0 fully saturated rings. The molecule has 2 rings (SSSR count). The van der Waals surface area contributed by atoms with Crippen molar-refractivity contribution in [3.8, 4) is 6.07 Å². The average Bonchev–Trinajstić information content (AvgIpc) is 3.04. The van der Waals surface area contributed by atoms with Crippen LogP contribution in [0.25, 0.3) is 6.08 Å². The Morgan fingerprint density at radius 3 is 2.65 bits per heavy atom. The van der Waals surface area contributed by atoms with E-state index in [0.717, 1.165) is 22.5 Å². The van der Waals surface area contributed by atoms with Gasteiger partial charge >= 0.3 is 0 Å². The first-order chi connectivity index (χ1) is 14.9. The predicted octanol–water partition coefficient (Wildman–Crippen LogP) is 2.44. The van der Waals surface area contributed by atoms with Gasteiger partial charge in [0.2, 0.25) is 5.91 Å². The number of nitriles is 1. The van der Waals surface area contributed by atoms with E-state index >= 15 is 0 Å². The molecule has 0 aliphatic rings. The van der Waals surface area contributed by atoms with Crippen molar-refractivity contribution in [2.24, 2.45) is 0 Å². The van der Waals surface area contributed by atoms with Crippen LogP contribution >= 0.6 is 0 Å². The third-order valence-electron chi connectivity index (χ3n) is 4.91. The number of methoxy groups -OCH3 is 1. The van der Waals surface area contributed by atoms with Gasteiger partial charge < -0.3 is 19.9 Å². The lowest BCUT2D eigenvalue weighted by Gasteiger charge is -2.17. The van der Waals surface area contributed by atoms with E-state index < -0.39 is 5.91 Å². The molecule has 0 saturated carbocycles. The summed E-state index contributed by atoms with van der Waals surface area (Å²) in [5.41, 5.74) is 3.73. The fourth-order valence-electron chi connectivity index (χ4n) is 3.42. The summed E-state index contributed by atoms with van der Waals surface area (Å²) in [4.78, 5) is 28.3. The molecular weight excluding hydrogens is 394 g/mol. The summed E-state index contributed by atoms with van der Waals surface area (Å²) in [6.45, 7) is 7.08.